The number of carbonyl (C=O) groups is 2. The van der Waals surface area contributed by atoms with Crippen molar-refractivity contribution in [2.24, 2.45) is 5.10 Å². The van der Waals surface area contributed by atoms with Crippen LogP contribution in [0.4, 0.5) is 11.4 Å². The number of furan rings is 1. The highest BCUT2D eigenvalue weighted by Crippen LogP contribution is 2.31. The van der Waals surface area contributed by atoms with Crippen LogP contribution in [0, 0.1) is 13.8 Å². The predicted molar refractivity (Wildman–Crippen MR) is 144 cm³/mol. The van der Waals surface area contributed by atoms with Crippen LogP contribution in [0.1, 0.15) is 56.2 Å². The van der Waals surface area contributed by atoms with E-state index in [1.54, 1.807) is 17.1 Å². The molecule has 1 aliphatic carbocycles. The van der Waals surface area contributed by atoms with Gasteiger partial charge in [0.15, 0.2) is 5.76 Å². The normalized spacial score (nSPS) is 13.6. The molecule has 2 amide bonds. The molecule has 0 spiro atoms. The molecule has 5 rings (SSSR count). The van der Waals surface area contributed by atoms with Crippen LogP contribution in [0.3, 0.4) is 0 Å². The van der Waals surface area contributed by atoms with Gasteiger partial charge in [0.25, 0.3) is 5.91 Å². The van der Waals surface area contributed by atoms with E-state index in [4.69, 9.17) is 4.42 Å². The van der Waals surface area contributed by atoms with E-state index in [0.717, 1.165) is 28.9 Å². The summed E-state index contributed by atoms with van der Waals surface area (Å²) in [4.78, 5) is 26.1. The van der Waals surface area contributed by atoms with Gasteiger partial charge in [-0.05, 0) is 63.1 Å². The largest absolute Gasteiger partial charge is 0.455 e. The van der Waals surface area contributed by atoms with Gasteiger partial charge in [-0.2, -0.15) is 5.10 Å². The Kier molecular flexibility index (Phi) is 6.85. The Morgan fingerprint density at radius 3 is 2.05 bits per heavy atom. The van der Waals surface area contributed by atoms with Crippen molar-refractivity contribution < 1.29 is 14.0 Å². The molecule has 0 saturated heterocycles. The standard InChI is InChI=1S/C30H28N4O3/c1-20-16-18-22(19-17-20)29(35)32-31-25-14-9-15-26-27(25)21(2)28(37-26)30(36)33-34(23-10-5-3-6-11-23)24-12-7-4-8-13-24/h3-8,10-13,16-19H,9,14-15H2,1-2H3,(H,32,35)(H,33,36)/b31-25+. The van der Waals surface area contributed by atoms with Crippen LogP contribution in [0.2, 0.25) is 0 Å². The summed E-state index contributed by atoms with van der Waals surface area (Å²) in [5.74, 6) is 0.312. The number of aryl methyl sites for hydroxylation is 2. The molecule has 2 N–H and O–H groups in total. The number of hydrogen-bond donors (Lipinski definition) is 2. The number of carbonyl (C=O) groups excluding carboxylic acids is 2. The summed E-state index contributed by atoms with van der Waals surface area (Å²) in [5, 5.41) is 6.16. The maximum Gasteiger partial charge on any atom is 0.306 e. The van der Waals surface area contributed by atoms with Crippen molar-refractivity contribution in [2.45, 2.75) is 33.1 Å². The number of hydrogen-bond acceptors (Lipinski definition) is 5. The average Bonchev–Trinajstić information content (AvgIpc) is 3.28. The molecule has 7 heteroatoms. The molecular formula is C30H28N4O3. The second-order valence-corrected chi connectivity index (χ2v) is 9.02. The topological polar surface area (TPSA) is 86.9 Å². The fraction of sp³-hybridized carbons (Fsp3) is 0.167. The Balaban J connectivity index is 1.40. The molecule has 3 aromatic carbocycles. The Hall–Kier alpha value is -4.65. The molecule has 0 radical (unpaired) electrons. The van der Waals surface area contributed by atoms with Gasteiger partial charge in [0.2, 0.25) is 0 Å². The van der Waals surface area contributed by atoms with E-state index >= 15 is 0 Å². The lowest BCUT2D eigenvalue weighted by Crippen LogP contribution is -2.39. The number of amides is 2. The summed E-state index contributed by atoms with van der Waals surface area (Å²) < 4.78 is 6.07. The van der Waals surface area contributed by atoms with Crippen molar-refractivity contribution >= 4 is 28.9 Å². The Labute approximate surface area is 215 Å². The molecule has 1 heterocycles. The Morgan fingerprint density at radius 2 is 1.43 bits per heavy atom. The lowest BCUT2D eigenvalue weighted by atomic mass is 9.93. The average molecular weight is 493 g/mol. The first-order chi connectivity index (χ1) is 18.0. The minimum absolute atomic E-state index is 0.237. The van der Waals surface area contributed by atoms with E-state index in [-0.39, 0.29) is 17.6 Å². The summed E-state index contributed by atoms with van der Waals surface area (Å²) in [7, 11) is 0. The van der Waals surface area contributed by atoms with Crippen LogP contribution in [0.25, 0.3) is 0 Å². The molecule has 186 valence electrons. The quantitative estimate of drug-likeness (QED) is 0.331. The molecule has 0 fully saturated rings. The van der Waals surface area contributed by atoms with Crippen molar-refractivity contribution in [2.75, 3.05) is 5.01 Å². The van der Waals surface area contributed by atoms with Gasteiger partial charge in [-0.3, -0.25) is 20.0 Å². The van der Waals surface area contributed by atoms with Crippen LogP contribution in [0.5, 0.6) is 0 Å². The van der Waals surface area contributed by atoms with Crippen LogP contribution < -0.4 is 15.9 Å². The summed E-state index contributed by atoms with van der Waals surface area (Å²) >= 11 is 0. The number of nitrogens with one attached hydrogen (secondary N) is 2. The molecule has 1 aliphatic rings. The number of rotatable bonds is 6. The SMILES string of the molecule is Cc1ccc(C(=O)N/N=C2\CCCc3oc(C(=O)NN(c4ccccc4)c4ccccc4)c(C)c32)cc1. The van der Waals surface area contributed by atoms with E-state index in [9.17, 15) is 9.59 Å². The zero-order valence-electron chi connectivity index (χ0n) is 20.8. The monoisotopic (exact) mass is 492 g/mol. The summed E-state index contributed by atoms with van der Waals surface area (Å²) in [6.45, 7) is 3.83. The second kappa shape index (κ2) is 10.5. The van der Waals surface area contributed by atoms with Gasteiger partial charge in [-0.15, -0.1) is 0 Å². The van der Waals surface area contributed by atoms with Gasteiger partial charge in [0.1, 0.15) is 5.76 Å². The third kappa shape index (κ3) is 5.16. The Morgan fingerprint density at radius 1 is 0.811 bits per heavy atom. The maximum atomic E-state index is 13.5. The minimum Gasteiger partial charge on any atom is -0.455 e. The number of hydrazine groups is 1. The van der Waals surface area contributed by atoms with Gasteiger partial charge in [0, 0.05) is 23.1 Å². The molecule has 0 aliphatic heterocycles. The number of anilines is 2. The Bertz CT molecular complexity index is 1400. The summed E-state index contributed by atoms with van der Waals surface area (Å²) in [6.07, 6.45) is 2.21. The third-order valence-electron chi connectivity index (χ3n) is 6.38. The molecule has 0 unspecified atom stereocenters. The van der Waals surface area contributed by atoms with E-state index < -0.39 is 0 Å². The fourth-order valence-electron chi connectivity index (χ4n) is 4.47. The first kappa shape index (κ1) is 24.1. The number of nitrogens with zero attached hydrogens (tertiary/aromatic N) is 2. The summed E-state index contributed by atoms with van der Waals surface area (Å²) in [6, 6.07) is 26.6. The van der Waals surface area contributed by atoms with Crippen LogP contribution in [-0.2, 0) is 6.42 Å². The van der Waals surface area contributed by atoms with Gasteiger partial charge < -0.3 is 4.42 Å². The molecule has 37 heavy (non-hydrogen) atoms. The fourth-order valence-corrected chi connectivity index (χ4v) is 4.47. The van der Waals surface area contributed by atoms with Crippen LogP contribution >= 0.6 is 0 Å². The zero-order valence-corrected chi connectivity index (χ0v) is 20.8. The third-order valence-corrected chi connectivity index (χ3v) is 6.38. The minimum atomic E-state index is -0.359. The van der Waals surface area contributed by atoms with Gasteiger partial charge in [-0.25, -0.2) is 5.43 Å². The lowest BCUT2D eigenvalue weighted by molar-refractivity contribution is 0.0921. The van der Waals surface area contributed by atoms with Crippen LogP contribution in [0.15, 0.2) is 94.4 Å². The second-order valence-electron chi connectivity index (χ2n) is 9.02. The zero-order chi connectivity index (χ0) is 25.8. The lowest BCUT2D eigenvalue weighted by Gasteiger charge is -2.25. The van der Waals surface area contributed by atoms with E-state index in [0.29, 0.717) is 35.4 Å². The van der Waals surface area contributed by atoms with Gasteiger partial charge in [-0.1, -0.05) is 54.1 Å². The van der Waals surface area contributed by atoms with Crippen molar-refractivity contribution in [1.82, 2.24) is 10.9 Å². The van der Waals surface area contributed by atoms with Crippen molar-refractivity contribution in [3.8, 4) is 0 Å². The number of hydrazone groups is 1. The van der Waals surface area contributed by atoms with Crippen molar-refractivity contribution in [1.29, 1.82) is 0 Å². The number of benzene rings is 3. The van der Waals surface area contributed by atoms with E-state index in [2.05, 4.69) is 16.0 Å². The molecular weight excluding hydrogens is 464 g/mol. The smallest absolute Gasteiger partial charge is 0.306 e. The highest BCUT2D eigenvalue weighted by molar-refractivity contribution is 6.07. The van der Waals surface area contributed by atoms with Crippen molar-refractivity contribution in [3.63, 3.8) is 0 Å². The molecule has 0 atom stereocenters. The maximum absolute atomic E-state index is 13.5. The summed E-state index contributed by atoms with van der Waals surface area (Å²) in [5.41, 5.74) is 11.1. The first-order valence-electron chi connectivity index (χ1n) is 12.3. The molecule has 4 aromatic rings. The van der Waals surface area contributed by atoms with Gasteiger partial charge in [0.05, 0.1) is 17.1 Å². The molecule has 0 bridgehead atoms. The molecule has 0 saturated carbocycles. The van der Waals surface area contributed by atoms with Gasteiger partial charge >= 0.3 is 5.91 Å². The van der Waals surface area contributed by atoms with Crippen molar-refractivity contribution in [3.05, 3.63) is 119 Å². The molecule has 1 aromatic heterocycles. The first-order valence-corrected chi connectivity index (χ1v) is 12.3. The van der Waals surface area contributed by atoms with Crippen LogP contribution in [-0.4, -0.2) is 17.5 Å². The van der Waals surface area contributed by atoms with E-state index in [1.807, 2.05) is 86.6 Å². The predicted octanol–water partition coefficient (Wildman–Crippen LogP) is 5.85. The molecule has 7 nitrogen and oxygen atoms in total. The van der Waals surface area contributed by atoms with E-state index in [1.165, 1.54) is 0 Å². The number of fused-ring (bicyclic) bond motifs is 1. The highest BCUT2D eigenvalue weighted by atomic mass is 16.4. The highest BCUT2D eigenvalue weighted by Gasteiger charge is 2.29. The number of para-hydroxylation sites is 2.